The molecule has 2 aromatic rings. The van der Waals surface area contributed by atoms with E-state index in [-0.39, 0.29) is 23.0 Å². The van der Waals surface area contributed by atoms with Crippen LogP contribution in [0.3, 0.4) is 0 Å². The highest BCUT2D eigenvalue weighted by Gasteiger charge is 2.25. The Hall–Kier alpha value is -1.50. The van der Waals surface area contributed by atoms with Crippen LogP contribution in [0.2, 0.25) is 5.02 Å². The molecule has 1 N–H and O–H groups in total. The minimum atomic E-state index is -0.391. The summed E-state index contributed by atoms with van der Waals surface area (Å²) in [6.07, 6.45) is 1.78. The number of nitrogens with zero attached hydrogens (tertiary/aromatic N) is 2. The Labute approximate surface area is 156 Å². The molecule has 2 heterocycles. The lowest BCUT2D eigenvalue weighted by Crippen LogP contribution is -2.45. The van der Waals surface area contributed by atoms with Gasteiger partial charge in [-0.1, -0.05) is 17.7 Å². The Morgan fingerprint density at radius 1 is 1.44 bits per heavy atom. The molecule has 1 saturated heterocycles. The topological polar surface area (TPSA) is 45.2 Å². The standard InChI is InChI=1S/C18H21ClFN3OS/c1-11-17(25-10-21-11)18(24)22-14-5-7-23(8-6-14)12(2)13-3-4-16(20)15(19)9-13/h3-4,9-10,12,14H,5-8H2,1-2H3,(H,22,24). The smallest absolute Gasteiger partial charge is 0.263 e. The number of hydrogen-bond acceptors (Lipinski definition) is 4. The van der Waals surface area contributed by atoms with Crippen LogP contribution in [0.1, 0.15) is 46.7 Å². The van der Waals surface area contributed by atoms with Crippen molar-refractivity contribution < 1.29 is 9.18 Å². The van der Waals surface area contributed by atoms with E-state index in [9.17, 15) is 9.18 Å². The molecular formula is C18H21ClFN3OS. The fourth-order valence-corrected chi connectivity index (χ4v) is 4.08. The summed E-state index contributed by atoms with van der Waals surface area (Å²) in [6.45, 7) is 5.71. The number of likely N-dealkylation sites (tertiary alicyclic amines) is 1. The number of rotatable bonds is 4. The Kier molecular flexibility index (Phi) is 5.71. The van der Waals surface area contributed by atoms with Gasteiger partial charge in [-0.15, -0.1) is 11.3 Å². The van der Waals surface area contributed by atoms with E-state index in [0.29, 0.717) is 4.88 Å². The number of thiazole rings is 1. The van der Waals surface area contributed by atoms with E-state index < -0.39 is 5.82 Å². The maximum atomic E-state index is 13.3. The maximum Gasteiger partial charge on any atom is 0.263 e. The zero-order chi connectivity index (χ0) is 18.0. The van der Waals surface area contributed by atoms with Crippen molar-refractivity contribution >= 4 is 28.8 Å². The van der Waals surface area contributed by atoms with Gasteiger partial charge in [-0.05, 0) is 44.4 Å². The Bertz CT molecular complexity index is 759. The van der Waals surface area contributed by atoms with E-state index in [0.717, 1.165) is 37.2 Å². The summed E-state index contributed by atoms with van der Waals surface area (Å²) in [5.74, 6) is -0.422. The lowest BCUT2D eigenvalue weighted by molar-refractivity contribution is 0.0899. The molecule has 1 aromatic heterocycles. The van der Waals surface area contributed by atoms with Gasteiger partial charge in [0.15, 0.2) is 0 Å². The lowest BCUT2D eigenvalue weighted by Gasteiger charge is -2.36. The van der Waals surface area contributed by atoms with Crippen LogP contribution in [0.5, 0.6) is 0 Å². The predicted molar refractivity (Wildman–Crippen MR) is 98.7 cm³/mol. The first-order chi connectivity index (χ1) is 12.0. The number of carbonyl (C=O) groups is 1. The second-order valence-electron chi connectivity index (χ2n) is 6.40. The highest BCUT2D eigenvalue weighted by molar-refractivity contribution is 7.11. The molecule has 134 valence electrons. The SMILES string of the molecule is Cc1ncsc1C(=O)NC1CCN(C(C)c2ccc(F)c(Cl)c2)CC1. The van der Waals surface area contributed by atoms with Crippen molar-refractivity contribution in [3.63, 3.8) is 0 Å². The molecule has 25 heavy (non-hydrogen) atoms. The number of hydrogen-bond donors (Lipinski definition) is 1. The first-order valence-corrected chi connectivity index (χ1v) is 9.61. The molecule has 3 rings (SSSR count). The number of aryl methyl sites for hydroxylation is 1. The summed E-state index contributed by atoms with van der Waals surface area (Å²) in [5.41, 5.74) is 3.48. The molecule has 0 aliphatic carbocycles. The zero-order valence-electron chi connectivity index (χ0n) is 14.3. The fourth-order valence-electron chi connectivity index (χ4n) is 3.18. The molecule has 7 heteroatoms. The number of aromatic nitrogens is 1. The summed E-state index contributed by atoms with van der Waals surface area (Å²) in [5, 5.41) is 3.27. The van der Waals surface area contributed by atoms with Crippen LogP contribution in [-0.4, -0.2) is 34.9 Å². The van der Waals surface area contributed by atoms with Gasteiger partial charge in [0.25, 0.3) is 5.91 Å². The van der Waals surface area contributed by atoms with Crippen molar-refractivity contribution in [1.82, 2.24) is 15.2 Å². The molecule has 0 spiro atoms. The fraction of sp³-hybridized carbons (Fsp3) is 0.444. The molecule has 1 amide bonds. The van der Waals surface area contributed by atoms with Gasteiger partial charge in [0.1, 0.15) is 10.7 Å². The largest absolute Gasteiger partial charge is 0.348 e. The second kappa shape index (κ2) is 7.81. The molecular weight excluding hydrogens is 361 g/mol. The van der Waals surface area contributed by atoms with Crippen molar-refractivity contribution in [1.29, 1.82) is 0 Å². The van der Waals surface area contributed by atoms with Gasteiger partial charge in [0.2, 0.25) is 0 Å². The van der Waals surface area contributed by atoms with Crippen LogP contribution in [0.25, 0.3) is 0 Å². The highest BCUT2D eigenvalue weighted by Crippen LogP contribution is 2.27. The van der Waals surface area contributed by atoms with Crippen molar-refractivity contribution in [2.24, 2.45) is 0 Å². The van der Waals surface area contributed by atoms with E-state index in [1.807, 2.05) is 6.92 Å². The van der Waals surface area contributed by atoms with Gasteiger partial charge in [-0.25, -0.2) is 9.37 Å². The third kappa shape index (κ3) is 4.19. The van der Waals surface area contributed by atoms with Crippen LogP contribution in [0.15, 0.2) is 23.7 Å². The lowest BCUT2D eigenvalue weighted by atomic mass is 10.00. The van der Waals surface area contributed by atoms with Crippen LogP contribution in [-0.2, 0) is 0 Å². The average molecular weight is 382 g/mol. The van der Waals surface area contributed by atoms with Gasteiger partial charge in [0.05, 0.1) is 16.2 Å². The van der Waals surface area contributed by atoms with Crippen LogP contribution < -0.4 is 5.32 Å². The molecule has 1 aliphatic rings. The number of nitrogens with one attached hydrogen (secondary N) is 1. The summed E-state index contributed by atoms with van der Waals surface area (Å²) in [6, 6.07) is 5.24. The van der Waals surface area contributed by atoms with E-state index in [2.05, 4.69) is 22.1 Å². The highest BCUT2D eigenvalue weighted by atomic mass is 35.5. The van der Waals surface area contributed by atoms with Crippen molar-refractivity contribution in [3.8, 4) is 0 Å². The predicted octanol–water partition coefficient (Wildman–Crippen LogP) is 4.20. The van der Waals surface area contributed by atoms with Gasteiger partial charge in [0, 0.05) is 25.2 Å². The summed E-state index contributed by atoms with van der Waals surface area (Å²) in [7, 11) is 0. The average Bonchev–Trinajstić information content (AvgIpc) is 3.03. The van der Waals surface area contributed by atoms with Crippen LogP contribution in [0, 0.1) is 12.7 Å². The van der Waals surface area contributed by atoms with Crippen molar-refractivity contribution in [3.05, 3.63) is 50.7 Å². The van der Waals surface area contributed by atoms with Gasteiger partial charge < -0.3 is 5.32 Å². The molecule has 4 nitrogen and oxygen atoms in total. The molecule has 0 radical (unpaired) electrons. The van der Waals surface area contributed by atoms with E-state index in [4.69, 9.17) is 11.6 Å². The number of benzene rings is 1. The number of halogens is 2. The molecule has 1 fully saturated rings. The van der Waals surface area contributed by atoms with E-state index >= 15 is 0 Å². The minimum absolute atomic E-state index is 0.0307. The molecule has 1 unspecified atom stereocenters. The third-order valence-corrected chi connectivity index (χ3v) is 6.01. The first-order valence-electron chi connectivity index (χ1n) is 8.35. The summed E-state index contributed by atoms with van der Waals surface area (Å²) in [4.78, 5) is 19.5. The maximum absolute atomic E-state index is 13.3. The van der Waals surface area contributed by atoms with Crippen molar-refractivity contribution in [2.45, 2.75) is 38.8 Å². The van der Waals surface area contributed by atoms with Crippen LogP contribution in [0.4, 0.5) is 4.39 Å². The molecule has 0 bridgehead atoms. The second-order valence-corrected chi connectivity index (χ2v) is 7.66. The molecule has 1 atom stereocenters. The number of piperidine rings is 1. The zero-order valence-corrected chi connectivity index (χ0v) is 15.8. The Balaban J connectivity index is 1.55. The van der Waals surface area contributed by atoms with Crippen LogP contribution >= 0.6 is 22.9 Å². The first kappa shape index (κ1) is 18.3. The summed E-state index contributed by atoms with van der Waals surface area (Å²) >= 11 is 7.27. The normalized spacial score (nSPS) is 17.4. The molecule has 0 saturated carbocycles. The van der Waals surface area contributed by atoms with Gasteiger partial charge >= 0.3 is 0 Å². The minimum Gasteiger partial charge on any atom is -0.348 e. The number of carbonyl (C=O) groups excluding carboxylic acids is 1. The summed E-state index contributed by atoms with van der Waals surface area (Å²) < 4.78 is 13.3. The van der Waals surface area contributed by atoms with Gasteiger partial charge in [-0.3, -0.25) is 9.69 Å². The van der Waals surface area contributed by atoms with E-state index in [1.54, 1.807) is 17.6 Å². The molecule has 1 aliphatic heterocycles. The van der Waals surface area contributed by atoms with E-state index in [1.165, 1.54) is 17.4 Å². The third-order valence-electron chi connectivity index (χ3n) is 4.79. The Morgan fingerprint density at radius 2 is 2.16 bits per heavy atom. The quantitative estimate of drug-likeness (QED) is 0.863. The van der Waals surface area contributed by atoms with Gasteiger partial charge in [-0.2, -0.15) is 0 Å². The Morgan fingerprint density at radius 3 is 2.76 bits per heavy atom. The monoisotopic (exact) mass is 381 g/mol. The number of amides is 1. The molecule has 1 aromatic carbocycles. The van der Waals surface area contributed by atoms with Crippen molar-refractivity contribution in [2.75, 3.05) is 13.1 Å².